The Morgan fingerprint density at radius 2 is 1.30 bits per heavy atom. The summed E-state index contributed by atoms with van der Waals surface area (Å²) in [6, 6.07) is 0. The van der Waals surface area contributed by atoms with Crippen LogP contribution in [0.15, 0.2) is 0 Å². The van der Waals surface area contributed by atoms with Crippen LogP contribution in [0.4, 0.5) is 0 Å². The molecule has 0 spiro atoms. The first kappa shape index (κ1) is 22.6. The zero-order chi connectivity index (χ0) is 16.8. The minimum atomic E-state index is -3.76. The van der Waals surface area contributed by atoms with Crippen LogP contribution in [-0.2, 0) is 13.7 Å². The molecular weight excluding hydrogens is 302 g/mol. The van der Waals surface area contributed by atoms with Gasteiger partial charge in [0.15, 0.2) is 0 Å². The third-order valence-corrected chi connectivity index (χ3v) is 4.84. The van der Waals surface area contributed by atoms with Crippen LogP contribution in [0.25, 0.3) is 0 Å². The molecule has 1 unspecified atom stereocenters. The van der Waals surface area contributed by atoms with Crippen molar-refractivity contribution in [2.45, 2.75) is 48.0 Å². The van der Waals surface area contributed by atoms with Gasteiger partial charge in [-0.25, -0.2) is 0 Å². The van der Waals surface area contributed by atoms with E-state index >= 15 is 0 Å². The zero-order valence-corrected chi connectivity index (χ0v) is 15.4. The minimum Gasteiger partial charge on any atom is -0.324 e. The maximum absolute atomic E-state index is 10.9. The van der Waals surface area contributed by atoms with Crippen molar-refractivity contribution in [3.05, 3.63) is 0 Å². The van der Waals surface area contributed by atoms with Crippen LogP contribution in [-0.4, -0.2) is 34.1 Å². The van der Waals surface area contributed by atoms with Gasteiger partial charge in [0.25, 0.3) is 0 Å². The molecule has 0 rings (SSSR count). The predicted octanol–water partition coefficient (Wildman–Crippen LogP) is 3.46. The van der Waals surface area contributed by atoms with E-state index in [0.717, 1.165) is 0 Å². The SMILES string of the molecule is CC(C)(C)CCP(=O)(O)O.COP(=O)(O)CC(C)(C)C. The van der Waals surface area contributed by atoms with Crippen molar-refractivity contribution < 1.29 is 28.3 Å². The van der Waals surface area contributed by atoms with E-state index in [9.17, 15) is 9.13 Å². The van der Waals surface area contributed by atoms with Gasteiger partial charge in [-0.05, 0) is 17.3 Å². The second-order valence-corrected chi connectivity index (χ2v) is 11.0. The Bertz CT molecular complexity index is 361. The predicted molar refractivity (Wildman–Crippen MR) is 82.1 cm³/mol. The van der Waals surface area contributed by atoms with Gasteiger partial charge in [-0.2, -0.15) is 0 Å². The van der Waals surface area contributed by atoms with Gasteiger partial charge in [0.2, 0.25) is 0 Å². The molecular formula is C12H30O6P2. The molecule has 1 atom stereocenters. The van der Waals surface area contributed by atoms with Gasteiger partial charge in [-0.15, -0.1) is 0 Å². The Kier molecular flexibility index (Phi) is 9.11. The lowest BCUT2D eigenvalue weighted by molar-refractivity contribution is 0.297. The third kappa shape index (κ3) is 20.6. The molecule has 0 aromatic carbocycles. The van der Waals surface area contributed by atoms with E-state index in [2.05, 4.69) is 4.52 Å². The summed E-state index contributed by atoms with van der Waals surface area (Å²) in [7, 11) is -5.80. The van der Waals surface area contributed by atoms with Gasteiger partial charge in [0, 0.05) is 7.11 Å². The first-order valence-electron chi connectivity index (χ1n) is 6.40. The quantitative estimate of drug-likeness (QED) is 0.681. The lowest BCUT2D eigenvalue weighted by Gasteiger charge is -2.20. The standard InChI is InChI=1S/2C6H15O3P/c1-6(2,3)5-10(7,8)9-4;1-6(2,3)4-5-10(7,8)9/h5H2,1-4H3,(H,7,8);4-5H2,1-3H3,(H2,7,8,9). The van der Waals surface area contributed by atoms with Crippen molar-refractivity contribution in [2.24, 2.45) is 10.8 Å². The molecule has 0 fully saturated rings. The van der Waals surface area contributed by atoms with Gasteiger partial charge in [-0.1, -0.05) is 41.5 Å². The maximum atomic E-state index is 10.9. The lowest BCUT2D eigenvalue weighted by atomic mass is 9.94. The van der Waals surface area contributed by atoms with Gasteiger partial charge >= 0.3 is 15.2 Å². The molecule has 0 aliphatic carbocycles. The van der Waals surface area contributed by atoms with Crippen molar-refractivity contribution in [3.8, 4) is 0 Å². The van der Waals surface area contributed by atoms with Crippen molar-refractivity contribution in [1.29, 1.82) is 0 Å². The van der Waals surface area contributed by atoms with Crippen molar-refractivity contribution in [2.75, 3.05) is 19.4 Å². The Balaban J connectivity index is 0. The summed E-state index contributed by atoms with van der Waals surface area (Å²) in [5.74, 6) is 0. The summed E-state index contributed by atoms with van der Waals surface area (Å²) in [5, 5.41) is 0. The molecule has 124 valence electrons. The van der Waals surface area contributed by atoms with Gasteiger partial charge < -0.3 is 19.2 Å². The largest absolute Gasteiger partial charge is 0.328 e. The van der Waals surface area contributed by atoms with E-state index in [1.165, 1.54) is 7.11 Å². The summed E-state index contributed by atoms with van der Waals surface area (Å²) in [5.41, 5.74) is -0.137. The van der Waals surface area contributed by atoms with E-state index in [1.807, 2.05) is 41.5 Å². The second-order valence-electron chi connectivity index (χ2n) is 7.24. The summed E-state index contributed by atoms with van der Waals surface area (Å²) in [4.78, 5) is 26.0. The molecule has 20 heavy (non-hydrogen) atoms. The fourth-order valence-electron chi connectivity index (χ4n) is 1.15. The van der Waals surface area contributed by atoms with Crippen LogP contribution in [0.3, 0.4) is 0 Å². The smallest absolute Gasteiger partial charge is 0.324 e. The van der Waals surface area contributed by atoms with E-state index in [1.54, 1.807) is 0 Å². The average molecular weight is 332 g/mol. The highest BCUT2D eigenvalue weighted by Crippen LogP contribution is 2.45. The highest BCUT2D eigenvalue weighted by Gasteiger charge is 2.25. The Morgan fingerprint density at radius 3 is 1.40 bits per heavy atom. The van der Waals surface area contributed by atoms with Crippen LogP contribution in [0, 0.1) is 10.8 Å². The summed E-state index contributed by atoms with van der Waals surface area (Å²) in [6.07, 6.45) is 0.768. The molecule has 0 amide bonds. The summed E-state index contributed by atoms with van der Waals surface area (Å²) >= 11 is 0. The van der Waals surface area contributed by atoms with Gasteiger partial charge in [0.05, 0.1) is 12.3 Å². The molecule has 0 aliphatic rings. The molecule has 0 radical (unpaired) electrons. The fraction of sp³-hybridized carbons (Fsp3) is 1.00. The Morgan fingerprint density at radius 1 is 0.900 bits per heavy atom. The van der Waals surface area contributed by atoms with E-state index in [4.69, 9.17) is 14.7 Å². The molecule has 0 aliphatic heterocycles. The van der Waals surface area contributed by atoms with E-state index in [-0.39, 0.29) is 23.2 Å². The maximum Gasteiger partial charge on any atom is 0.328 e. The minimum absolute atomic E-state index is 0.00347. The van der Waals surface area contributed by atoms with Crippen LogP contribution in [0.2, 0.25) is 0 Å². The van der Waals surface area contributed by atoms with Gasteiger partial charge in [-0.3, -0.25) is 9.13 Å². The van der Waals surface area contributed by atoms with Crippen molar-refractivity contribution >= 4 is 15.2 Å². The molecule has 3 N–H and O–H groups in total. The fourth-order valence-corrected chi connectivity index (χ4v) is 3.44. The van der Waals surface area contributed by atoms with E-state index in [0.29, 0.717) is 6.42 Å². The topological polar surface area (TPSA) is 104 Å². The lowest BCUT2D eigenvalue weighted by Crippen LogP contribution is -2.12. The monoisotopic (exact) mass is 332 g/mol. The molecule has 8 heteroatoms. The number of rotatable bonds is 4. The second kappa shape index (κ2) is 8.07. The third-order valence-electron chi connectivity index (χ3n) is 2.11. The molecule has 0 saturated heterocycles. The summed E-state index contributed by atoms with van der Waals surface area (Å²) < 4.78 is 25.7. The molecule has 0 heterocycles. The highest BCUT2D eigenvalue weighted by molar-refractivity contribution is 7.52. The van der Waals surface area contributed by atoms with Crippen LogP contribution >= 0.6 is 15.2 Å². The average Bonchev–Trinajstić information content (AvgIpc) is 2.10. The number of hydrogen-bond donors (Lipinski definition) is 3. The first-order chi connectivity index (χ1) is 8.47. The number of hydrogen-bond acceptors (Lipinski definition) is 3. The molecule has 0 saturated carbocycles. The normalized spacial score (nSPS) is 16.1. The Labute approximate surface area is 122 Å². The van der Waals surface area contributed by atoms with Crippen molar-refractivity contribution in [1.82, 2.24) is 0 Å². The van der Waals surface area contributed by atoms with Crippen LogP contribution in [0.5, 0.6) is 0 Å². The Hall–Kier alpha value is 0.300. The summed E-state index contributed by atoms with van der Waals surface area (Å²) in [6.45, 7) is 11.6. The highest BCUT2D eigenvalue weighted by atomic mass is 31.2. The zero-order valence-electron chi connectivity index (χ0n) is 13.6. The molecule has 0 bridgehead atoms. The van der Waals surface area contributed by atoms with Crippen LogP contribution in [0.1, 0.15) is 48.0 Å². The first-order valence-corrected chi connectivity index (χ1v) is 9.96. The van der Waals surface area contributed by atoms with Crippen molar-refractivity contribution in [3.63, 3.8) is 0 Å². The molecule has 0 aromatic heterocycles. The molecule has 6 nitrogen and oxygen atoms in total. The van der Waals surface area contributed by atoms with Gasteiger partial charge in [0.1, 0.15) is 0 Å². The molecule has 0 aromatic rings. The van der Waals surface area contributed by atoms with E-state index < -0.39 is 15.2 Å². The van der Waals surface area contributed by atoms with Crippen LogP contribution < -0.4 is 0 Å².